The minimum absolute atomic E-state index is 0.0633. The van der Waals surface area contributed by atoms with Crippen LogP contribution in [0, 0.1) is 29.0 Å². The molecule has 0 spiro atoms. The molecule has 65 heavy (non-hydrogen) atoms. The average molecular weight is 910 g/mol. The van der Waals surface area contributed by atoms with Crippen LogP contribution >= 0.6 is 11.3 Å². The smallest absolute Gasteiger partial charge is 0.324 e. The highest BCUT2D eigenvalue weighted by Gasteiger charge is 2.55. The number of methoxy groups -OCH3 is 1. The number of thiazole rings is 1. The molecule has 12 nitrogen and oxygen atoms in total. The number of amides is 2. The monoisotopic (exact) mass is 909 g/mol. The fraction of sp³-hybridized carbons (Fsp3) is 0.627. The van der Waals surface area contributed by atoms with Crippen molar-refractivity contribution in [3.05, 3.63) is 57.4 Å². The Balaban J connectivity index is 1.16. The lowest BCUT2D eigenvalue weighted by Gasteiger charge is -2.35. The fourth-order valence-corrected chi connectivity index (χ4v) is 12.3. The second kappa shape index (κ2) is 19.2. The summed E-state index contributed by atoms with van der Waals surface area (Å²) < 4.78 is 32.2. The number of hydrogen-bond donors (Lipinski definition) is 2. The van der Waals surface area contributed by atoms with Crippen LogP contribution in [0.3, 0.4) is 0 Å². The normalized spacial score (nSPS) is 27.2. The van der Waals surface area contributed by atoms with E-state index in [2.05, 4.69) is 40.2 Å². The van der Waals surface area contributed by atoms with Crippen LogP contribution < -0.4 is 10.7 Å². The van der Waals surface area contributed by atoms with E-state index in [0.717, 1.165) is 98.8 Å². The molecule has 5 aliphatic rings. The molecular weight excluding hydrogens is 842 g/mol. The Labute approximate surface area is 387 Å². The van der Waals surface area contributed by atoms with E-state index in [4.69, 9.17) is 19.4 Å². The third kappa shape index (κ3) is 9.38. The van der Waals surface area contributed by atoms with Gasteiger partial charge in [-0.2, -0.15) is 0 Å². The summed E-state index contributed by atoms with van der Waals surface area (Å²) in [6, 6.07) is 4.50. The summed E-state index contributed by atoms with van der Waals surface area (Å²) in [6.45, 7) is 11.2. The van der Waals surface area contributed by atoms with Crippen LogP contribution in [0.15, 0.2) is 29.8 Å². The molecule has 1 aromatic carbocycles. The van der Waals surface area contributed by atoms with Gasteiger partial charge >= 0.3 is 5.97 Å². The zero-order chi connectivity index (χ0) is 45.6. The van der Waals surface area contributed by atoms with Gasteiger partial charge in [-0.3, -0.25) is 24.4 Å². The maximum absolute atomic E-state index is 17.9. The molecule has 350 valence electrons. The number of rotatable bonds is 7. The van der Waals surface area contributed by atoms with Crippen LogP contribution in [-0.2, 0) is 43.2 Å². The summed E-state index contributed by atoms with van der Waals surface area (Å²) in [4.78, 5) is 54.8. The lowest BCUT2D eigenvalue weighted by atomic mass is 9.88. The predicted molar refractivity (Wildman–Crippen MR) is 252 cm³/mol. The van der Waals surface area contributed by atoms with Gasteiger partial charge in [-0.25, -0.2) is 14.8 Å². The summed E-state index contributed by atoms with van der Waals surface area (Å²) >= 11 is 1.36. The molecule has 2 amide bonds. The SMILES string of the molecule is CCc1c(-c2cc(C3CCCCN(C)CCC3)cnc2[C@H](C)OC)n2c3c(F)c(ccc13)-c1csc(n1)C[C@H](NC(=O)C1[C@H]3CCCC[C@@H]13)C(=O)N1CCC[C@H](N1)C(=O)OCC(C)(C)C2. The van der Waals surface area contributed by atoms with E-state index in [1.807, 2.05) is 44.5 Å². The highest BCUT2D eigenvalue weighted by atomic mass is 32.1. The Morgan fingerprint density at radius 3 is 2.54 bits per heavy atom. The van der Waals surface area contributed by atoms with Crippen LogP contribution in [0.1, 0.15) is 132 Å². The average Bonchev–Trinajstić information content (AvgIpc) is 3.67. The van der Waals surface area contributed by atoms with Crippen LogP contribution in [0.5, 0.6) is 0 Å². The molecule has 4 aromatic rings. The standard InChI is InChI=1S/C51H68FN7O5S/c1-7-33-36-19-20-37-41-27-65-42(54-41)25-40(55-48(60)43-34-16-8-9-17-35(34)43)49(61)59-23-13-18-39(56-59)50(62)64-29-51(3,4)28-58(47(36)44(37)52)46(33)38-24-32(26-53-45(38)30(2)63-6)31-14-10-11-21-57(5)22-12-15-31/h19-20,24,26-27,30-31,34-35,39-40,43,56H,7-18,21-23,25,28-29H2,1-6H3,(H,55,60)/t30-,31?,34-,35+,39-,40-,43?/m0/s1. The number of hydrazine groups is 1. The quantitative estimate of drug-likeness (QED) is 0.175. The number of nitrogens with one attached hydrogen (secondary N) is 2. The zero-order valence-electron chi connectivity index (χ0n) is 39.2. The van der Waals surface area contributed by atoms with Crippen molar-refractivity contribution in [3.63, 3.8) is 0 Å². The molecule has 0 radical (unpaired) electrons. The zero-order valence-corrected chi connectivity index (χ0v) is 40.0. The number of ether oxygens (including phenoxy) is 2. The molecule has 6 heterocycles. The number of halogens is 1. The van der Waals surface area contributed by atoms with Gasteiger partial charge in [0.15, 0.2) is 5.82 Å². The third-order valence-electron chi connectivity index (χ3n) is 15.2. The Kier molecular flexibility index (Phi) is 13.5. The summed E-state index contributed by atoms with van der Waals surface area (Å²) in [5.74, 6) is -0.230. The highest BCUT2D eigenvalue weighted by Crippen LogP contribution is 2.55. The van der Waals surface area contributed by atoms with Gasteiger partial charge in [0.05, 0.1) is 40.3 Å². The first-order valence-corrected chi connectivity index (χ1v) is 25.3. The lowest BCUT2D eigenvalue weighted by molar-refractivity contribution is -0.155. The summed E-state index contributed by atoms with van der Waals surface area (Å²) in [6.07, 6.45) is 13.5. The van der Waals surface area contributed by atoms with Crippen molar-refractivity contribution in [2.24, 2.45) is 23.2 Å². The topological polar surface area (TPSA) is 131 Å². The van der Waals surface area contributed by atoms with Crippen molar-refractivity contribution in [3.8, 4) is 22.5 Å². The molecule has 4 fully saturated rings. The first-order valence-electron chi connectivity index (χ1n) is 24.4. The number of benzene rings is 1. The van der Waals surface area contributed by atoms with Gasteiger partial charge in [-0.05, 0) is 126 Å². The molecule has 7 atom stereocenters. The molecule has 14 heteroatoms. The van der Waals surface area contributed by atoms with Gasteiger partial charge < -0.3 is 24.3 Å². The van der Waals surface area contributed by atoms with Gasteiger partial charge in [0.1, 0.15) is 12.1 Å². The lowest BCUT2D eigenvalue weighted by Crippen LogP contribution is -2.60. The number of fused-ring (bicyclic) bond motifs is 7. The molecular formula is C51H68FN7O5S. The van der Waals surface area contributed by atoms with Crippen molar-refractivity contribution < 1.29 is 28.2 Å². The number of nitrogens with zero attached hydrogens (tertiary/aromatic N) is 5. The van der Waals surface area contributed by atoms with Crippen LogP contribution in [0.4, 0.5) is 4.39 Å². The van der Waals surface area contributed by atoms with Gasteiger partial charge in [-0.15, -0.1) is 11.3 Å². The molecule has 2 saturated heterocycles. The highest BCUT2D eigenvalue weighted by molar-refractivity contribution is 7.10. The summed E-state index contributed by atoms with van der Waals surface area (Å²) in [7, 11) is 3.91. The van der Waals surface area contributed by atoms with Crippen LogP contribution in [0.2, 0.25) is 0 Å². The molecule has 2 unspecified atom stereocenters. The third-order valence-corrected chi connectivity index (χ3v) is 16.0. The number of cyclic esters (lactones) is 1. The van der Waals surface area contributed by atoms with Gasteiger partial charge in [-0.1, -0.05) is 46.1 Å². The van der Waals surface area contributed by atoms with E-state index in [9.17, 15) is 14.4 Å². The van der Waals surface area contributed by atoms with E-state index in [-0.39, 0.29) is 42.7 Å². The molecule has 9 rings (SSSR count). The Hall–Kier alpha value is -4.24. The fourth-order valence-electron chi connectivity index (χ4n) is 11.5. The number of carbonyl (C=O) groups is 3. The molecule has 2 saturated carbocycles. The molecule has 2 N–H and O–H groups in total. The van der Waals surface area contributed by atoms with E-state index in [1.165, 1.54) is 21.9 Å². The molecule has 6 bridgehead atoms. The number of carbonyl (C=O) groups excluding carboxylic acids is 3. The number of hydrogen-bond acceptors (Lipinski definition) is 10. The summed E-state index contributed by atoms with van der Waals surface area (Å²) in [5.41, 5.74) is 8.67. The van der Waals surface area contributed by atoms with E-state index >= 15 is 4.39 Å². The number of pyridine rings is 1. The van der Waals surface area contributed by atoms with E-state index in [0.29, 0.717) is 71.9 Å². The number of esters is 1. The first-order chi connectivity index (χ1) is 31.3. The molecule has 3 aromatic heterocycles. The van der Waals surface area contributed by atoms with Gasteiger partial charge in [0, 0.05) is 66.0 Å². The van der Waals surface area contributed by atoms with Crippen molar-refractivity contribution in [2.75, 3.05) is 40.4 Å². The predicted octanol–water partition coefficient (Wildman–Crippen LogP) is 8.76. The maximum Gasteiger partial charge on any atom is 0.324 e. The van der Waals surface area contributed by atoms with Gasteiger partial charge in [0.25, 0.3) is 5.91 Å². The first kappa shape index (κ1) is 45.9. The van der Waals surface area contributed by atoms with Crippen LogP contribution in [0.25, 0.3) is 33.4 Å². The van der Waals surface area contributed by atoms with Gasteiger partial charge in [0.2, 0.25) is 5.91 Å². The number of aryl methyl sites for hydroxylation is 1. The Bertz CT molecular complexity index is 2400. The second-order valence-electron chi connectivity index (χ2n) is 20.4. The minimum Gasteiger partial charge on any atom is -0.464 e. The van der Waals surface area contributed by atoms with Crippen molar-refractivity contribution in [1.82, 2.24) is 35.2 Å². The Morgan fingerprint density at radius 1 is 1.03 bits per heavy atom. The Morgan fingerprint density at radius 2 is 1.77 bits per heavy atom. The number of aromatic nitrogens is 3. The van der Waals surface area contributed by atoms with Crippen molar-refractivity contribution >= 4 is 40.0 Å². The van der Waals surface area contributed by atoms with E-state index < -0.39 is 23.5 Å². The minimum atomic E-state index is -0.912. The van der Waals surface area contributed by atoms with E-state index in [1.54, 1.807) is 7.11 Å². The van der Waals surface area contributed by atoms with Crippen molar-refractivity contribution in [1.29, 1.82) is 0 Å². The van der Waals surface area contributed by atoms with Crippen molar-refractivity contribution in [2.45, 2.75) is 142 Å². The van der Waals surface area contributed by atoms with Crippen LogP contribution in [-0.4, -0.2) is 94.7 Å². The second-order valence-corrected chi connectivity index (χ2v) is 21.4. The largest absolute Gasteiger partial charge is 0.464 e. The maximum atomic E-state index is 17.9. The summed E-state index contributed by atoms with van der Waals surface area (Å²) in [5, 5.41) is 7.90. The molecule has 3 aliphatic heterocycles. The molecule has 2 aliphatic carbocycles.